The zero-order chi connectivity index (χ0) is 14.3. The molecule has 0 amide bonds. The molecule has 0 aromatic heterocycles. The Kier molecular flexibility index (Phi) is 7.06. The van der Waals surface area contributed by atoms with E-state index in [1.54, 1.807) is 7.11 Å². The van der Waals surface area contributed by atoms with Crippen LogP contribution < -0.4 is 5.73 Å². The predicted octanol–water partition coefficient (Wildman–Crippen LogP) is 2.61. The lowest BCUT2D eigenvalue weighted by Gasteiger charge is -2.26. The van der Waals surface area contributed by atoms with E-state index in [2.05, 4.69) is 49.9 Å². The Balaban J connectivity index is 2.64. The maximum atomic E-state index is 5.70. The predicted molar refractivity (Wildman–Crippen MR) is 81.3 cm³/mol. The molecule has 1 aromatic rings. The summed E-state index contributed by atoms with van der Waals surface area (Å²) in [7, 11) is 1.75. The van der Waals surface area contributed by atoms with Gasteiger partial charge in [0.05, 0.1) is 6.61 Å². The van der Waals surface area contributed by atoms with E-state index in [1.165, 1.54) is 11.1 Å². The fourth-order valence-corrected chi connectivity index (χ4v) is 2.05. The van der Waals surface area contributed by atoms with Gasteiger partial charge in [0.2, 0.25) is 0 Å². The Labute approximate surface area is 117 Å². The molecule has 0 aliphatic rings. The largest absolute Gasteiger partial charge is 0.383 e. The summed E-state index contributed by atoms with van der Waals surface area (Å²) in [4.78, 5) is 2.42. The van der Waals surface area contributed by atoms with Crippen LogP contribution in [-0.2, 0) is 11.3 Å². The molecule has 0 aliphatic heterocycles. The quantitative estimate of drug-likeness (QED) is 0.784. The number of methoxy groups -OCH3 is 1. The third kappa shape index (κ3) is 5.31. The number of ether oxygens (including phenoxy) is 1. The minimum atomic E-state index is 0.434. The Morgan fingerprint density at radius 3 is 2.26 bits per heavy atom. The van der Waals surface area contributed by atoms with Crippen LogP contribution in [0.3, 0.4) is 0 Å². The molecule has 0 bridgehead atoms. The van der Waals surface area contributed by atoms with Crippen LogP contribution in [0.4, 0.5) is 0 Å². The Morgan fingerprint density at radius 1 is 1.16 bits per heavy atom. The van der Waals surface area contributed by atoms with Crippen molar-refractivity contribution >= 4 is 0 Å². The number of hydrogen-bond donors (Lipinski definition) is 1. The molecular formula is C16H28N2O. The first-order valence-electron chi connectivity index (χ1n) is 7.10. The van der Waals surface area contributed by atoms with E-state index < -0.39 is 0 Å². The lowest BCUT2D eigenvalue weighted by molar-refractivity contribution is 0.125. The van der Waals surface area contributed by atoms with Gasteiger partial charge >= 0.3 is 0 Å². The second-order valence-corrected chi connectivity index (χ2v) is 5.44. The van der Waals surface area contributed by atoms with Crippen molar-refractivity contribution in [3.05, 3.63) is 35.4 Å². The van der Waals surface area contributed by atoms with Gasteiger partial charge in [0.15, 0.2) is 0 Å². The van der Waals surface area contributed by atoms with Gasteiger partial charge in [-0.25, -0.2) is 0 Å². The van der Waals surface area contributed by atoms with E-state index in [0.717, 1.165) is 19.7 Å². The van der Waals surface area contributed by atoms with E-state index in [0.29, 0.717) is 18.5 Å². The zero-order valence-electron chi connectivity index (χ0n) is 12.7. The molecule has 0 aliphatic carbocycles. The van der Waals surface area contributed by atoms with Crippen molar-refractivity contribution in [2.45, 2.75) is 39.3 Å². The van der Waals surface area contributed by atoms with E-state index in [1.807, 2.05) is 0 Å². The topological polar surface area (TPSA) is 38.5 Å². The lowest BCUT2D eigenvalue weighted by atomic mass is 10.00. The average Bonchev–Trinajstić information content (AvgIpc) is 2.43. The van der Waals surface area contributed by atoms with Crippen LogP contribution in [-0.4, -0.2) is 37.7 Å². The van der Waals surface area contributed by atoms with E-state index >= 15 is 0 Å². The molecular weight excluding hydrogens is 236 g/mol. The highest BCUT2D eigenvalue weighted by molar-refractivity contribution is 5.25. The van der Waals surface area contributed by atoms with Gasteiger partial charge in [-0.05, 0) is 37.4 Å². The Morgan fingerprint density at radius 2 is 1.79 bits per heavy atom. The van der Waals surface area contributed by atoms with Gasteiger partial charge < -0.3 is 10.5 Å². The molecule has 0 radical (unpaired) electrons. The maximum Gasteiger partial charge on any atom is 0.0589 e. The van der Waals surface area contributed by atoms with Gasteiger partial charge in [-0.2, -0.15) is 0 Å². The van der Waals surface area contributed by atoms with Crippen molar-refractivity contribution < 1.29 is 4.74 Å². The van der Waals surface area contributed by atoms with Crippen LogP contribution in [0.5, 0.6) is 0 Å². The van der Waals surface area contributed by atoms with E-state index in [4.69, 9.17) is 10.5 Å². The highest BCUT2D eigenvalue weighted by Gasteiger charge is 2.10. The minimum Gasteiger partial charge on any atom is -0.383 e. The van der Waals surface area contributed by atoms with E-state index in [9.17, 15) is 0 Å². The fraction of sp³-hybridized carbons (Fsp3) is 0.625. The van der Waals surface area contributed by atoms with Crippen molar-refractivity contribution in [1.82, 2.24) is 4.90 Å². The van der Waals surface area contributed by atoms with Crippen LogP contribution in [0.15, 0.2) is 24.3 Å². The fourth-order valence-electron chi connectivity index (χ4n) is 2.05. The molecule has 0 heterocycles. The van der Waals surface area contributed by atoms with Crippen LogP contribution in [0.2, 0.25) is 0 Å². The highest BCUT2D eigenvalue weighted by Crippen LogP contribution is 2.16. The molecule has 0 saturated heterocycles. The molecule has 3 heteroatoms. The highest BCUT2D eigenvalue weighted by atomic mass is 16.5. The lowest BCUT2D eigenvalue weighted by Crippen LogP contribution is -2.33. The van der Waals surface area contributed by atoms with Gasteiger partial charge in [0, 0.05) is 26.2 Å². The van der Waals surface area contributed by atoms with Crippen LogP contribution >= 0.6 is 0 Å². The molecule has 0 saturated carbocycles. The monoisotopic (exact) mass is 264 g/mol. The first-order chi connectivity index (χ1) is 9.08. The number of benzene rings is 1. The van der Waals surface area contributed by atoms with Gasteiger partial charge in [0.1, 0.15) is 0 Å². The molecule has 108 valence electrons. The summed E-state index contributed by atoms with van der Waals surface area (Å²) >= 11 is 0. The number of nitrogens with zero attached hydrogens (tertiary/aromatic N) is 1. The Hall–Kier alpha value is -0.900. The molecule has 1 rings (SSSR count). The van der Waals surface area contributed by atoms with Gasteiger partial charge in [-0.3, -0.25) is 4.90 Å². The van der Waals surface area contributed by atoms with Crippen LogP contribution in [0.1, 0.15) is 37.8 Å². The molecule has 1 atom stereocenters. The van der Waals surface area contributed by atoms with Crippen molar-refractivity contribution in [1.29, 1.82) is 0 Å². The van der Waals surface area contributed by atoms with E-state index in [-0.39, 0.29) is 0 Å². The summed E-state index contributed by atoms with van der Waals surface area (Å²) in [5, 5.41) is 0. The van der Waals surface area contributed by atoms with Crippen LogP contribution in [0.25, 0.3) is 0 Å². The number of rotatable bonds is 8. The second kappa shape index (κ2) is 8.31. The summed E-state index contributed by atoms with van der Waals surface area (Å²) in [6.07, 6.45) is 0. The summed E-state index contributed by atoms with van der Waals surface area (Å²) in [6.45, 7) is 10.0. The molecule has 1 unspecified atom stereocenters. The molecule has 0 fully saturated rings. The maximum absolute atomic E-state index is 5.70. The molecule has 2 N–H and O–H groups in total. The normalized spacial score (nSPS) is 13.2. The third-order valence-corrected chi connectivity index (χ3v) is 3.60. The van der Waals surface area contributed by atoms with Crippen molar-refractivity contribution in [2.75, 3.05) is 26.8 Å². The van der Waals surface area contributed by atoms with Gasteiger partial charge in [0.25, 0.3) is 0 Å². The van der Waals surface area contributed by atoms with Crippen molar-refractivity contribution in [2.24, 2.45) is 5.73 Å². The first-order valence-corrected chi connectivity index (χ1v) is 7.10. The Bertz CT molecular complexity index is 348. The summed E-state index contributed by atoms with van der Waals surface area (Å²) < 4.78 is 5.17. The summed E-state index contributed by atoms with van der Waals surface area (Å²) in [6, 6.07) is 9.34. The minimum absolute atomic E-state index is 0.434. The SMILES string of the molecule is COCCN(Cc1ccc(C(C)CN)cc1)C(C)C. The van der Waals surface area contributed by atoms with Gasteiger partial charge in [-0.15, -0.1) is 0 Å². The summed E-state index contributed by atoms with van der Waals surface area (Å²) in [5.41, 5.74) is 8.36. The van der Waals surface area contributed by atoms with Crippen molar-refractivity contribution in [3.8, 4) is 0 Å². The van der Waals surface area contributed by atoms with Crippen LogP contribution in [0, 0.1) is 0 Å². The molecule has 0 spiro atoms. The first kappa shape index (κ1) is 16.2. The summed E-state index contributed by atoms with van der Waals surface area (Å²) in [5.74, 6) is 0.434. The standard InChI is InChI=1S/C16H28N2O/c1-13(2)18(9-10-19-4)12-15-5-7-16(8-6-15)14(3)11-17/h5-8,13-14H,9-12,17H2,1-4H3. The zero-order valence-corrected chi connectivity index (χ0v) is 12.7. The van der Waals surface area contributed by atoms with Gasteiger partial charge in [-0.1, -0.05) is 31.2 Å². The van der Waals surface area contributed by atoms with Crippen molar-refractivity contribution in [3.63, 3.8) is 0 Å². The third-order valence-electron chi connectivity index (χ3n) is 3.60. The number of nitrogens with two attached hydrogens (primary N) is 1. The molecule has 1 aromatic carbocycles. The smallest absolute Gasteiger partial charge is 0.0589 e. The molecule has 3 nitrogen and oxygen atoms in total. The number of hydrogen-bond acceptors (Lipinski definition) is 3. The average molecular weight is 264 g/mol. The molecule has 19 heavy (non-hydrogen) atoms. The second-order valence-electron chi connectivity index (χ2n) is 5.44.